The molecule has 0 aromatic carbocycles. The van der Waals surface area contributed by atoms with Crippen molar-refractivity contribution >= 4 is 11.9 Å². The smallest absolute Gasteiger partial charge is 0.306 e. The van der Waals surface area contributed by atoms with Gasteiger partial charge in [-0.2, -0.15) is 0 Å². The van der Waals surface area contributed by atoms with E-state index in [1.165, 1.54) is 141 Å². The molecule has 0 spiro atoms. The second-order valence-corrected chi connectivity index (χ2v) is 16.6. The Balaban J connectivity index is 4.61. The van der Waals surface area contributed by atoms with Crippen LogP contribution < -0.4 is 5.32 Å². The minimum atomic E-state index is -0.817. The summed E-state index contributed by atoms with van der Waals surface area (Å²) in [5.74, 6) is -0.605. The Morgan fingerprint density at radius 3 is 1.31 bits per heavy atom. The predicted molar refractivity (Wildman–Crippen MR) is 250 cm³/mol. The highest BCUT2D eigenvalue weighted by Gasteiger charge is 2.23. The van der Waals surface area contributed by atoms with Gasteiger partial charge in [0.15, 0.2) is 0 Å². The Morgan fingerprint density at radius 2 is 0.897 bits per heavy atom. The first-order chi connectivity index (χ1) is 28.5. The number of carbonyl (C=O) groups is 2. The fraction of sp³-hybridized carbons (Fsp3) is 0.769. The van der Waals surface area contributed by atoms with E-state index in [4.69, 9.17) is 4.74 Å². The second kappa shape index (κ2) is 45.6. The minimum Gasteiger partial charge on any atom is -0.461 e. The number of carbonyl (C=O) groups excluding carboxylic acids is 2. The molecule has 3 N–H and O–H groups in total. The highest BCUT2D eigenvalue weighted by atomic mass is 16.5. The highest BCUT2D eigenvalue weighted by molar-refractivity contribution is 5.77. The van der Waals surface area contributed by atoms with Gasteiger partial charge in [0.05, 0.1) is 25.2 Å². The summed E-state index contributed by atoms with van der Waals surface area (Å²) in [6.07, 6.45) is 55.9. The van der Waals surface area contributed by atoms with E-state index in [0.29, 0.717) is 19.3 Å². The van der Waals surface area contributed by atoms with Crippen molar-refractivity contribution in [3.63, 3.8) is 0 Å². The molecule has 6 heteroatoms. The fourth-order valence-corrected chi connectivity index (χ4v) is 7.28. The van der Waals surface area contributed by atoms with Crippen molar-refractivity contribution in [1.29, 1.82) is 0 Å². The third-order valence-corrected chi connectivity index (χ3v) is 11.0. The Bertz CT molecular complexity index is 1050. The number of aliphatic hydroxyl groups excluding tert-OH is 2. The maximum absolute atomic E-state index is 13.1. The standard InChI is InChI=1S/C52H93NO5/c1-4-7-10-13-16-19-22-24-25-26-27-29-32-35-38-41-44-50(55)49(47-54)53-51(56)46-48(43-40-37-34-31-28-21-18-15-12-9-6-3)58-52(57)45-42-39-36-33-30-23-20-17-14-11-8-5-2/h9,12,15,18,21,28,31,34,37,40,48-50,54-55H,4-8,10-11,13-14,16-17,19-20,22-27,29-30,32-33,35-36,38-39,41-47H2,1-3H3,(H,53,56)/b12-9+,18-15+,28-21-,34-31-,40-37+. The van der Waals surface area contributed by atoms with Gasteiger partial charge in [0.2, 0.25) is 5.91 Å². The lowest BCUT2D eigenvalue weighted by molar-refractivity contribution is -0.150. The van der Waals surface area contributed by atoms with Crippen LogP contribution in [0.2, 0.25) is 0 Å². The summed E-state index contributed by atoms with van der Waals surface area (Å²) >= 11 is 0. The molecule has 0 aliphatic heterocycles. The average Bonchev–Trinajstić information content (AvgIpc) is 3.22. The number of nitrogens with one attached hydrogen (secondary N) is 1. The van der Waals surface area contributed by atoms with Crippen molar-refractivity contribution in [3.8, 4) is 0 Å². The molecule has 0 fully saturated rings. The third kappa shape index (κ3) is 40.3. The van der Waals surface area contributed by atoms with Crippen LogP contribution in [-0.4, -0.2) is 46.9 Å². The van der Waals surface area contributed by atoms with Gasteiger partial charge in [-0.3, -0.25) is 9.59 Å². The number of allylic oxidation sites excluding steroid dienone is 9. The van der Waals surface area contributed by atoms with E-state index >= 15 is 0 Å². The lowest BCUT2D eigenvalue weighted by atomic mass is 10.0. The van der Waals surface area contributed by atoms with E-state index in [-0.39, 0.29) is 24.9 Å². The summed E-state index contributed by atoms with van der Waals surface area (Å²) in [5, 5.41) is 23.7. The van der Waals surface area contributed by atoms with E-state index in [9.17, 15) is 19.8 Å². The predicted octanol–water partition coefficient (Wildman–Crippen LogP) is 14.5. The molecular formula is C52H93NO5. The van der Waals surface area contributed by atoms with Crippen molar-refractivity contribution in [2.24, 2.45) is 0 Å². The molecule has 0 aliphatic rings. The van der Waals surface area contributed by atoms with E-state index in [1.807, 2.05) is 54.7 Å². The number of aliphatic hydroxyl groups is 2. The molecule has 0 aromatic heterocycles. The topological polar surface area (TPSA) is 95.9 Å². The van der Waals surface area contributed by atoms with E-state index in [2.05, 4.69) is 32.2 Å². The molecule has 0 saturated heterocycles. The van der Waals surface area contributed by atoms with Crippen LogP contribution in [0.5, 0.6) is 0 Å². The Kier molecular flexibility index (Phi) is 43.7. The van der Waals surface area contributed by atoms with Gasteiger partial charge in [-0.15, -0.1) is 0 Å². The van der Waals surface area contributed by atoms with Crippen LogP contribution in [0.25, 0.3) is 0 Å². The maximum atomic E-state index is 13.1. The summed E-state index contributed by atoms with van der Waals surface area (Å²) in [6, 6.07) is -0.738. The summed E-state index contributed by atoms with van der Waals surface area (Å²) < 4.78 is 5.82. The first-order valence-electron chi connectivity index (χ1n) is 24.6. The molecule has 58 heavy (non-hydrogen) atoms. The summed E-state index contributed by atoms with van der Waals surface area (Å²) in [6.45, 7) is 6.30. The van der Waals surface area contributed by atoms with Gasteiger partial charge in [-0.25, -0.2) is 0 Å². The number of unbranched alkanes of at least 4 members (excludes halogenated alkanes) is 26. The summed E-state index contributed by atoms with van der Waals surface area (Å²) in [4.78, 5) is 26.0. The number of hydrogen-bond acceptors (Lipinski definition) is 5. The van der Waals surface area contributed by atoms with Gasteiger partial charge in [0.1, 0.15) is 6.10 Å². The largest absolute Gasteiger partial charge is 0.461 e. The van der Waals surface area contributed by atoms with Gasteiger partial charge in [-0.05, 0) is 19.3 Å². The molecule has 3 unspecified atom stereocenters. The van der Waals surface area contributed by atoms with E-state index in [1.54, 1.807) is 0 Å². The van der Waals surface area contributed by atoms with Gasteiger partial charge >= 0.3 is 5.97 Å². The molecule has 0 rings (SSSR count). The Hall–Kier alpha value is -2.44. The van der Waals surface area contributed by atoms with Gasteiger partial charge in [0.25, 0.3) is 0 Å². The van der Waals surface area contributed by atoms with Crippen molar-refractivity contribution in [1.82, 2.24) is 5.32 Å². The summed E-state index contributed by atoms with van der Waals surface area (Å²) in [7, 11) is 0. The van der Waals surface area contributed by atoms with Crippen LogP contribution in [0.4, 0.5) is 0 Å². The molecule has 0 radical (unpaired) electrons. The second-order valence-electron chi connectivity index (χ2n) is 16.6. The molecule has 0 heterocycles. The third-order valence-electron chi connectivity index (χ3n) is 11.0. The van der Waals surface area contributed by atoms with Crippen LogP contribution in [-0.2, 0) is 14.3 Å². The molecule has 0 saturated carbocycles. The number of rotatable bonds is 43. The number of esters is 1. The zero-order valence-corrected chi connectivity index (χ0v) is 38.2. The van der Waals surface area contributed by atoms with Gasteiger partial charge < -0.3 is 20.3 Å². The summed E-state index contributed by atoms with van der Waals surface area (Å²) in [5.41, 5.74) is 0. The van der Waals surface area contributed by atoms with Gasteiger partial charge in [-0.1, -0.05) is 255 Å². The van der Waals surface area contributed by atoms with Crippen molar-refractivity contribution in [2.45, 2.75) is 251 Å². The number of ether oxygens (including phenoxy) is 1. The van der Waals surface area contributed by atoms with Crippen LogP contribution in [0.3, 0.4) is 0 Å². The minimum absolute atomic E-state index is 0.0174. The molecular weight excluding hydrogens is 719 g/mol. The van der Waals surface area contributed by atoms with Crippen LogP contribution in [0, 0.1) is 0 Å². The molecule has 1 amide bonds. The van der Waals surface area contributed by atoms with Crippen molar-refractivity contribution in [2.75, 3.05) is 6.61 Å². The number of amides is 1. The molecule has 6 nitrogen and oxygen atoms in total. The first kappa shape index (κ1) is 55.6. The highest BCUT2D eigenvalue weighted by Crippen LogP contribution is 2.17. The molecule has 3 atom stereocenters. The van der Waals surface area contributed by atoms with Crippen LogP contribution in [0.15, 0.2) is 60.8 Å². The normalized spacial score (nSPS) is 13.8. The van der Waals surface area contributed by atoms with Gasteiger partial charge in [0, 0.05) is 12.8 Å². The lowest BCUT2D eigenvalue weighted by Gasteiger charge is -2.24. The quantitative estimate of drug-likeness (QED) is 0.0324. The fourth-order valence-electron chi connectivity index (χ4n) is 7.28. The molecule has 0 bridgehead atoms. The van der Waals surface area contributed by atoms with E-state index < -0.39 is 18.2 Å². The molecule has 0 aromatic rings. The Labute approximate surface area is 358 Å². The zero-order valence-electron chi connectivity index (χ0n) is 38.2. The van der Waals surface area contributed by atoms with Crippen molar-refractivity contribution in [3.05, 3.63) is 60.8 Å². The van der Waals surface area contributed by atoms with Crippen molar-refractivity contribution < 1.29 is 24.5 Å². The first-order valence-corrected chi connectivity index (χ1v) is 24.6. The van der Waals surface area contributed by atoms with Crippen LogP contribution >= 0.6 is 0 Å². The average molecular weight is 812 g/mol. The van der Waals surface area contributed by atoms with Crippen LogP contribution in [0.1, 0.15) is 233 Å². The molecule has 336 valence electrons. The molecule has 0 aliphatic carbocycles. The maximum Gasteiger partial charge on any atom is 0.306 e. The Morgan fingerprint density at radius 1 is 0.517 bits per heavy atom. The zero-order chi connectivity index (χ0) is 42.4. The monoisotopic (exact) mass is 812 g/mol. The number of hydrogen-bond donors (Lipinski definition) is 3. The lowest BCUT2D eigenvalue weighted by Crippen LogP contribution is -2.46. The SMILES string of the molecule is CC/C=C/C=C/C=C\C=C/C=C/CC(CC(=O)NC(CO)C(O)CCCCCCCCCCCCCCCCCC)OC(=O)CCCCCCCCCCCCCC. The van der Waals surface area contributed by atoms with E-state index in [0.717, 1.165) is 44.9 Å².